The minimum Gasteiger partial charge on any atom is -0.207 e. The number of unbranched alkanes of at least 4 members (excludes halogenated alkanes) is 1. The van der Waals surface area contributed by atoms with E-state index in [1.807, 2.05) is 25.1 Å². The SMILES string of the molecule is CCCCc1ccc(C(Cl)c2cc(C)ccc2F)cc1. The highest BCUT2D eigenvalue weighted by Gasteiger charge is 2.15. The van der Waals surface area contributed by atoms with Crippen LogP contribution < -0.4 is 0 Å². The van der Waals surface area contributed by atoms with E-state index in [1.54, 1.807) is 6.07 Å². The monoisotopic (exact) mass is 290 g/mol. The number of hydrogen-bond acceptors (Lipinski definition) is 0. The standard InChI is InChI=1S/C18H20ClF/c1-3-4-5-14-7-9-15(10-8-14)18(19)16-12-13(2)6-11-17(16)20/h6-12,18H,3-5H2,1-2H3. The van der Waals surface area contributed by atoms with Crippen molar-refractivity contribution in [2.45, 2.75) is 38.5 Å². The van der Waals surface area contributed by atoms with Gasteiger partial charge in [0.25, 0.3) is 0 Å². The molecule has 0 heterocycles. The molecule has 0 aliphatic rings. The molecule has 106 valence electrons. The molecule has 0 spiro atoms. The molecule has 20 heavy (non-hydrogen) atoms. The van der Waals surface area contributed by atoms with Crippen LogP contribution in [-0.2, 0) is 6.42 Å². The summed E-state index contributed by atoms with van der Waals surface area (Å²) < 4.78 is 13.9. The van der Waals surface area contributed by atoms with E-state index in [9.17, 15) is 4.39 Å². The Kier molecular flexibility index (Phi) is 5.19. The quantitative estimate of drug-likeness (QED) is 0.610. The second kappa shape index (κ2) is 6.90. The molecular formula is C18H20ClF. The molecular weight excluding hydrogens is 271 g/mol. The zero-order valence-corrected chi connectivity index (χ0v) is 12.8. The molecule has 0 N–H and O–H groups in total. The van der Waals surface area contributed by atoms with Crippen LogP contribution >= 0.6 is 11.6 Å². The maximum atomic E-state index is 13.9. The summed E-state index contributed by atoms with van der Waals surface area (Å²) in [7, 11) is 0. The van der Waals surface area contributed by atoms with E-state index >= 15 is 0 Å². The summed E-state index contributed by atoms with van der Waals surface area (Å²) in [5.41, 5.74) is 3.82. The van der Waals surface area contributed by atoms with Crippen molar-refractivity contribution in [3.05, 3.63) is 70.5 Å². The molecule has 0 fully saturated rings. The van der Waals surface area contributed by atoms with Crippen LogP contribution in [0.15, 0.2) is 42.5 Å². The second-order valence-corrected chi connectivity index (χ2v) is 5.67. The Morgan fingerprint density at radius 1 is 1.10 bits per heavy atom. The van der Waals surface area contributed by atoms with E-state index in [1.165, 1.54) is 24.5 Å². The van der Waals surface area contributed by atoms with Gasteiger partial charge in [-0.1, -0.05) is 55.3 Å². The van der Waals surface area contributed by atoms with E-state index in [0.29, 0.717) is 5.56 Å². The van der Waals surface area contributed by atoms with Crippen molar-refractivity contribution in [2.24, 2.45) is 0 Å². The number of alkyl halides is 1. The molecule has 2 aromatic carbocycles. The molecule has 0 saturated carbocycles. The van der Waals surface area contributed by atoms with Gasteiger partial charge < -0.3 is 0 Å². The topological polar surface area (TPSA) is 0 Å². The second-order valence-electron chi connectivity index (χ2n) is 5.23. The Morgan fingerprint density at radius 2 is 1.80 bits per heavy atom. The van der Waals surface area contributed by atoms with Crippen molar-refractivity contribution in [3.8, 4) is 0 Å². The molecule has 0 amide bonds. The molecule has 0 radical (unpaired) electrons. The highest BCUT2D eigenvalue weighted by molar-refractivity contribution is 6.22. The van der Waals surface area contributed by atoms with Crippen molar-refractivity contribution < 1.29 is 4.39 Å². The summed E-state index contributed by atoms with van der Waals surface area (Å²) in [4.78, 5) is 0. The lowest BCUT2D eigenvalue weighted by Gasteiger charge is -2.13. The van der Waals surface area contributed by atoms with Crippen molar-refractivity contribution in [3.63, 3.8) is 0 Å². The molecule has 0 saturated heterocycles. The van der Waals surface area contributed by atoms with Gasteiger partial charge in [-0.05, 0) is 37.0 Å². The van der Waals surface area contributed by atoms with E-state index in [-0.39, 0.29) is 5.82 Å². The number of hydrogen-bond donors (Lipinski definition) is 0. The fourth-order valence-corrected chi connectivity index (χ4v) is 2.58. The first-order valence-corrected chi connectivity index (χ1v) is 7.54. The number of aryl methyl sites for hydroxylation is 2. The van der Waals surface area contributed by atoms with E-state index in [2.05, 4.69) is 19.1 Å². The van der Waals surface area contributed by atoms with Gasteiger partial charge in [-0.2, -0.15) is 0 Å². The Bertz CT molecular complexity index is 560. The van der Waals surface area contributed by atoms with Crippen LogP contribution in [0.25, 0.3) is 0 Å². The maximum absolute atomic E-state index is 13.9. The Hall–Kier alpha value is -1.34. The van der Waals surface area contributed by atoms with E-state index in [4.69, 9.17) is 11.6 Å². The zero-order valence-electron chi connectivity index (χ0n) is 12.0. The summed E-state index contributed by atoms with van der Waals surface area (Å²) in [5.74, 6) is -0.245. The molecule has 0 aliphatic carbocycles. The number of benzene rings is 2. The van der Waals surface area contributed by atoms with Gasteiger partial charge in [0.15, 0.2) is 0 Å². The van der Waals surface area contributed by atoms with Gasteiger partial charge in [0.1, 0.15) is 5.82 Å². The van der Waals surface area contributed by atoms with Gasteiger partial charge >= 0.3 is 0 Å². The summed E-state index contributed by atoms with van der Waals surface area (Å²) in [6.07, 6.45) is 3.47. The summed E-state index contributed by atoms with van der Waals surface area (Å²) in [6.45, 7) is 4.13. The third kappa shape index (κ3) is 3.61. The predicted octanol–water partition coefficient (Wildman–Crippen LogP) is 5.80. The van der Waals surface area contributed by atoms with Crippen molar-refractivity contribution in [2.75, 3.05) is 0 Å². The molecule has 2 rings (SSSR count). The van der Waals surface area contributed by atoms with Gasteiger partial charge in [0.2, 0.25) is 0 Å². The molecule has 1 atom stereocenters. The Morgan fingerprint density at radius 3 is 2.45 bits per heavy atom. The highest BCUT2D eigenvalue weighted by atomic mass is 35.5. The summed E-state index contributed by atoms with van der Waals surface area (Å²) >= 11 is 6.43. The number of rotatable bonds is 5. The predicted molar refractivity (Wildman–Crippen MR) is 83.9 cm³/mol. The maximum Gasteiger partial charge on any atom is 0.128 e. The van der Waals surface area contributed by atoms with Gasteiger partial charge in [-0.25, -0.2) is 4.39 Å². The first-order chi connectivity index (χ1) is 9.61. The van der Waals surface area contributed by atoms with Crippen LogP contribution in [0.5, 0.6) is 0 Å². The fraction of sp³-hybridized carbons (Fsp3) is 0.333. The van der Waals surface area contributed by atoms with Crippen LogP contribution in [0, 0.1) is 12.7 Å². The van der Waals surface area contributed by atoms with Crippen molar-refractivity contribution in [1.82, 2.24) is 0 Å². The third-order valence-corrected chi connectivity index (χ3v) is 4.00. The van der Waals surface area contributed by atoms with Crippen LogP contribution in [0.4, 0.5) is 4.39 Å². The normalized spacial score (nSPS) is 12.4. The van der Waals surface area contributed by atoms with E-state index in [0.717, 1.165) is 17.5 Å². The fourth-order valence-electron chi connectivity index (χ4n) is 2.27. The van der Waals surface area contributed by atoms with Gasteiger partial charge in [-0.3, -0.25) is 0 Å². The van der Waals surface area contributed by atoms with Crippen molar-refractivity contribution in [1.29, 1.82) is 0 Å². The first kappa shape index (κ1) is 15.1. The van der Waals surface area contributed by atoms with Crippen LogP contribution in [0.1, 0.15) is 47.4 Å². The van der Waals surface area contributed by atoms with Crippen LogP contribution in [0.2, 0.25) is 0 Å². The van der Waals surface area contributed by atoms with Gasteiger partial charge in [0.05, 0.1) is 5.38 Å². The lowest BCUT2D eigenvalue weighted by molar-refractivity contribution is 0.612. The Labute approximate surface area is 125 Å². The summed E-state index contributed by atoms with van der Waals surface area (Å²) in [6, 6.07) is 13.3. The molecule has 0 bridgehead atoms. The molecule has 0 aromatic heterocycles. The lowest BCUT2D eigenvalue weighted by Crippen LogP contribution is -1.98. The number of halogens is 2. The van der Waals surface area contributed by atoms with Crippen LogP contribution in [0.3, 0.4) is 0 Å². The molecule has 2 heteroatoms. The van der Waals surface area contributed by atoms with E-state index < -0.39 is 5.38 Å². The average molecular weight is 291 g/mol. The lowest BCUT2D eigenvalue weighted by atomic mass is 9.99. The largest absolute Gasteiger partial charge is 0.207 e. The smallest absolute Gasteiger partial charge is 0.128 e. The molecule has 2 aromatic rings. The van der Waals surface area contributed by atoms with Crippen molar-refractivity contribution >= 4 is 11.6 Å². The summed E-state index contributed by atoms with van der Waals surface area (Å²) in [5, 5.41) is -0.435. The minimum absolute atomic E-state index is 0.245. The zero-order chi connectivity index (χ0) is 14.5. The average Bonchev–Trinajstić information content (AvgIpc) is 2.47. The first-order valence-electron chi connectivity index (χ1n) is 7.10. The Balaban J connectivity index is 2.20. The highest BCUT2D eigenvalue weighted by Crippen LogP contribution is 2.31. The molecule has 0 nitrogen and oxygen atoms in total. The minimum atomic E-state index is -0.435. The van der Waals surface area contributed by atoms with Gasteiger partial charge in [-0.15, -0.1) is 11.6 Å². The van der Waals surface area contributed by atoms with Crippen LogP contribution in [-0.4, -0.2) is 0 Å². The molecule has 1 unspecified atom stereocenters. The third-order valence-electron chi connectivity index (χ3n) is 3.52. The van der Waals surface area contributed by atoms with Gasteiger partial charge in [0, 0.05) is 5.56 Å². The molecule has 0 aliphatic heterocycles.